The lowest BCUT2D eigenvalue weighted by Crippen LogP contribution is -2.34. The Morgan fingerprint density at radius 2 is 1.50 bits per heavy atom. The number of anilines is 2. The molecule has 3 rings (SSSR count). The van der Waals surface area contributed by atoms with Gasteiger partial charge in [-0.25, -0.2) is 14.2 Å². The number of urea groups is 1. The van der Waals surface area contributed by atoms with Crippen molar-refractivity contribution >= 4 is 17.5 Å². The van der Waals surface area contributed by atoms with E-state index in [0.29, 0.717) is 11.4 Å². The summed E-state index contributed by atoms with van der Waals surface area (Å²) in [5.74, 6) is 0.0191. The third kappa shape index (κ3) is 3.41. The third-order valence-electron chi connectivity index (χ3n) is 3.23. The zero-order valence-electron chi connectivity index (χ0n) is 12.5. The van der Waals surface area contributed by atoms with Gasteiger partial charge in [0.15, 0.2) is 0 Å². The van der Waals surface area contributed by atoms with Gasteiger partial charge in [0.1, 0.15) is 5.82 Å². The van der Waals surface area contributed by atoms with Gasteiger partial charge in [-0.15, -0.1) is 0 Å². The monoisotopic (exact) mass is 322 g/mol. The van der Waals surface area contributed by atoms with E-state index in [1.165, 1.54) is 0 Å². The molecule has 2 aromatic carbocycles. The number of carbonyl (C=O) groups excluding carboxylic acids is 1. The van der Waals surface area contributed by atoms with Crippen molar-refractivity contribution in [2.75, 3.05) is 10.6 Å². The molecule has 7 nitrogen and oxygen atoms in total. The smallest absolute Gasteiger partial charge is 0.308 e. The Balaban J connectivity index is 1.82. The van der Waals surface area contributed by atoms with Gasteiger partial charge in [-0.3, -0.25) is 15.1 Å². The van der Waals surface area contributed by atoms with Gasteiger partial charge < -0.3 is 5.32 Å². The number of nitrogens with one attached hydrogen (secondary N) is 3. The Kier molecular flexibility index (Phi) is 4.24. The molecule has 0 atom stereocenters. The second-order valence-electron chi connectivity index (χ2n) is 4.94. The molecule has 3 aromatic rings. The van der Waals surface area contributed by atoms with Crippen molar-refractivity contribution in [1.82, 2.24) is 9.55 Å². The molecule has 0 aliphatic rings. The van der Waals surface area contributed by atoms with Crippen LogP contribution in [0.5, 0.6) is 0 Å². The highest BCUT2D eigenvalue weighted by molar-refractivity contribution is 5.99. The summed E-state index contributed by atoms with van der Waals surface area (Å²) in [5, 5.41) is 5.03. The van der Waals surface area contributed by atoms with E-state index < -0.39 is 17.3 Å². The van der Waals surface area contributed by atoms with Crippen LogP contribution in [0.3, 0.4) is 0 Å². The predicted molar refractivity (Wildman–Crippen MR) is 91.7 cm³/mol. The van der Waals surface area contributed by atoms with Gasteiger partial charge in [-0.1, -0.05) is 36.4 Å². The first kappa shape index (κ1) is 15.3. The molecule has 120 valence electrons. The van der Waals surface area contributed by atoms with Crippen LogP contribution in [0, 0.1) is 0 Å². The highest BCUT2D eigenvalue weighted by atomic mass is 16.2. The summed E-state index contributed by atoms with van der Waals surface area (Å²) in [6.45, 7) is 0. The van der Waals surface area contributed by atoms with E-state index >= 15 is 0 Å². The van der Waals surface area contributed by atoms with Crippen LogP contribution in [0.1, 0.15) is 0 Å². The molecule has 0 aliphatic carbocycles. The van der Waals surface area contributed by atoms with Crippen molar-refractivity contribution in [1.29, 1.82) is 0 Å². The van der Waals surface area contributed by atoms with Gasteiger partial charge in [0.25, 0.3) is 5.56 Å². The molecule has 0 unspecified atom stereocenters. The number of aromatic nitrogens is 2. The van der Waals surface area contributed by atoms with E-state index in [0.717, 1.165) is 10.6 Å². The van der Waals surface area contributed by atoms with E-state index in [1.54, 1.807) is 54.6 Å². The molecular weight excluding hydrogens is 308 g/mol. The summed E-state index contributed by atoms with van der Waals surface area (Å²) >= 11 is 0. The Labute approximate surface area is 136 Å². The van der Waals surface area contributed by atoms with E-state index in [9.17, 15) is 14.4 Å². The number of H-pyrrole nitrogens is 1. The normalized spacial score (nSPS) is 10.2. The lowest BCUT2D eigenvalue weighted by molar-refractivity contribution is 0.262. The van der Waals surface area contributed by atoms with Gasteiger partial charge >= 0.3 is 11.7 Å². The summed E-state index contributed by atoms with van der Waals surface area (Å²) in [6.07, 6.45) is 0. The zero-order chi connectivity index (χ0) is 16.9. The van der Waals surface area contributed by atoms with Gasteiger partial charge in [0.2, 0.25) is 0 Å². The molecule has 0 bridgehead atoms. The van der Waals surface area contributed by atoms with Crippen molar-refractivity contribution in [2.45, 2.75) is 0 Å². The lowest BCUT2D eigenvalue weighted by Gasteiger charge is -2.09. The molecule has 24 heavy (non-hydrogen) atoms. The molecule has 0 saturated carbocycles. The predicted octanol–water partition coefficient (Wildman–Crippen LogP) is 2.17. The number of carbonyl (C=O) groups is 1. The first-order chi connectivity index (χ1) is 11.6. The first-order valence-electron chi connectivity index (χ1n) is 7.18. The maximum Gasteiger partial charge on any atom is 0.334 e. The number of para-hydroxylation sites is 2. The molecular formula is C17H14N4O3. The quantitative estimate of drug-likeness (QED) is 0.689. The Morgan fingerprint density at radius 3 is 2.12 bits per heavy atom. The first-order valence-corrected chi connectivity index (χ1v) is 7.18. The van der Waals surface area contributed by atoms with Crippen LogP contribution in [0.4, 0.5) is 16.3 Å². The highest BCUT2D eigenvalue weighted by Gasteiger charge is 2.08. The van der Waals surface area contributed by atoms with Gasteiger partial charge in [0, 0.05) is 11.8 Å². The third-order valence-corrected chi connectivity index (χ3v) is 3.23. The second-order valence-corrected chi connectivity index (χ2v) is 4.94. The summed E-state index contributed by atoms with van der Waals surface area (Å²) in [5.41, 5.74) is -0.136. The minimum Gasteiger partial charge on any atom is -0.308 e. The summed E-state index contributed by atoms with van der Waals surface area (Å²) in [7, 11) is 0. The van der Waals surface area contributed by atoms with Crippen molar-refractivity contribution in [3.8, 4) is 5.69 Å². The maximum absolute atomic E-state index is 12.2. The average molecular weight is 322 g/mol. The Hall–Kier alpha value is -3.61. The van der Waals surface area contributed by atoms with Crippen LogP contribution in [-0.4, -0.2) is 15.6 Å². The fraction of sp³-hybridized carbons (Fsp3) is 0. The minimum absolute atomic E-state index is 0.0191. The number of nitrogens with zero attached hydrogens (tertiary/aromatic N) is 1. The van der Waals surface area contributed by atoms with Crippen molar-refractivity contribution in [3.63, 3.8) is 0 Å². The summed E-state index contributed by atoms with van der Waals surface area (Å²) < 4.78 is 0.986. The zero-order valence-corrected chi connectivity index (χ0v) is 12.5. The van der Waals surface area contributed by atoms with E-state index in [4.69, 9.17) is 0 Å². The van der Waals surface area contributed by atoms with Crippen molar-refractivity contribution in [3.05, 3.63) is 87.6 Å². The van der Waals surface area contributed by atoms with Crippen molar-refractivity contribution < 1.29 is 4.79 Å². The van der Waals surface area contributed by atoms with Gasteiger partial charge in [0.05, 0.1) is 5.69 Å². The molecule has 0 spiro atoms. The number of amides is 2. The topological polar surface area (TPSA) is 96.0 Å². The van der Waals surface area contributed by atoms with Crippen LogP contribution in [0.2, 0.25) is 0 Å². The molecule has 2 amide bonds. The van der Waals surface area contributed by atoms with Crippen LogP contribution < -0.4 is 21.9 Å². The van der Waals surface area contributed by atoms with Crippen LogP contribution in [0.15, 0.2) is 76.3 Å². The summed E-state index contributed by atoms with van der Waals surface area (Å²) in [6, 6.07) is 17.9. The molecule has 0 saturated heterocycles. The minimum atomic E-state index is -0.635. The van der Waals surface area contributed by atoms with Crippen LogP contribution in [0.25, 0.3) is 5.69 Å². The number of rotatable bonds is 3. The van der Waals surface area contributed by atoms with Gasteiger partial charge in [-0.2, -0.15) is 0 Å². The Morgan fingerprint density at radius 1 is 0.875 bits per heavy atom. The Bertz CT molecular complexity index is 931. The van der Waals surface area contributed by atoms with Crippen LogP contribution in [-0.2, 0) is 0 Å². The molecule has 0 fully saturated rings. The summed E-state index contributed by atoms with van der Waals surface area (Å²) in [4.78, 5) is 38.7. The van der Waals surface area contributed by atoms with E-state index in [2.05, 4.69) is 15.6 Å². The number of benzene rings is 2. The molecule has 1 heterocycles. The SMILES string of the molecule is O=C(Nc1ccccc1)Nc1cc(=O)n(-c2ccccc2)c(=O)[nH]1. The maximum atomic E-state index is 12.2. The van der Waals surface area contributed by atoms with Crippen LogP contribution >= 0.6 is 0 Å². The fourth-order valence-electron chi connectivity index (χ4n) is 2.19. The number of hydrogen-bond donors (Lipinski definition) is 3. The molecule has 1 aromatic heterocycles. The number of aromatic amines is 1. The lowest BCUT2D eigenvalue weighted by atomic mass is 10.3. The molecule has 3 N–H and O–H groups in total. The highest BCUT2D eigenvalue weighted by Crippen LogP contribution is 2.06. The molecule has 7 heteroatoms. The van der Waals surface area contributed by atoms with Crippen molar-refractivity contribution in [2.24, 2.45) is 0 Å². The average Bonchev–Trinajstić information content (AvgIpc) is 2.56. The molecule has 0 radical (unpaired) electrons. The molecule has 0 aliphatic heterocycles. The largest absolute Gasteiger partial charge is 0.334 e. The standard InChI is InChI=1S/C17H14N4O3/c22-15-11-14(19-16(23)18-12-7-3-1-4-8-12)20-17(24)21(15)13-9-5-2-6-10-13/h1-11H,(H,20,24)(H2,18,19,23). The number of hydrogen-bond acceptors (Lipinski definition) is 3. The van der Waals surface area contributed by atoms with Gasteiger partial charge in [-0.05, 0) is 24.3 Å². The fourth-order valence-corrected chi connectivity index (χ4v) is 2.19. The van der Waals surface area contributed by atoms with E-state index in [-0.39, 0.29) is 5.82 Å². The van der Waals surface area contributed by atoms with E-state index in [1.807, 2.05) is 6.07 Å². The second kappa shape index (κ2) is 6.66.